The van der Waals surface area contributed by atoms with Gasteiger partial charge in [-0.05, 0) is 34.9 Å². The largest absolute Gasteiger partial charge is 0.314 e. The first kappa shape index (κ1) is 13.1. The van der Waals surface area contributed by atoms with Gasteiger partial charge < -0.3 is 5.32 Å². The molecule has 1 fully saturated rings. The van der Waals surface area contributed by atoms with Crippen molar-refractivity contribution < 1.29 is 0 Å². The second-order valence-electron chi connectivity index (χ2n) is 7.00. The number of hydrogen-bond donors (Lipinski definition) is 1. The first-order valence-electron chi connectivity index (χ1n) is 7.64. The number of piperazine rings is 1. The summed E-state index contributed by atoms with van der Waals surface area (Å²) in [5, 5.41) is 3.46. The van der Waals surface area contributed by atoms with Gasteiger partial charge in [0.25, 0.3) is 0 Å². The van der Waals surface area contributed by atoms with Crippen molar-refractivity contribution in [1.82, 2.24) is 10.2 Å². The van der Waals surface area contributed by atoms with E-state index >= 15 is 0 Å². The van der Waals surface area contributed by atoms with E-state index in [0.717, 1.165) is 13.1 Å². The van der Waals surface area contributed by atoms with Crippen LogP contribution in [0.15, 0.2) is 18.2 Å². The van der Waals surface area contributed by atoms with E-state index in [2.05, 4.69) is 49.2 Å². The molecule has 1 saturated heterocycles. The molecule has 104 valence electrons. The highest BCUT2D eigenvalue weighted by molar-refractivity contribution is 5.40. The van der Waals surface area contributed by atoms with E-state index in [1.807, 2.05) is 0 Å². The van der Waals surface area contributed by atoms with Crippen LogP contribution in [-0.4, -0.2) is 31.1 Å². The number of aryl methyl sites for hydroxylation is 1. The molecule has 0 saturated carbocycles. The minimum absolute atomic E-state index is 0.256. The highest BCUT2D eigenvalue weighted by atomic mass is 15.2. The van der Waals surface area contributed by atoms with E-state index < -0.39 is 0 Å². The lowest BCUT2D eigenvalue weighted by Gasteiger charge is -2.33. The fourth-order valence-electron chi connectivity index (χ4n) is 3.42. The Morgan fingerprint density at radius 3 is 2.58 bits per heavy atom. The zero-order valence-electron chi connectivity index (χ0n) is 12.5. The monoisotopic (exact) mass is 258 g/mol. The Hall–Kier alpha value is -0.860. The summed E-state index contributed by atoms with van der Waals surface area (Å²) in [5.74, 6) is 0. The maximum atomic E-state index is 3.46. The molecule has 19 heavy (non-hydrogen) atoms. The zero-order valence-corrected chi connectivity index (χ0v) is 12.5. The Morgan fingerprint density at radius 1 is 1.16 bits per heavy atom. The van der Waals surface area contributed by atoms with E-state index in [-0.39, 0.29) is 5.41 Å². The van der Waals surface area contributed by atoms with Crippen LogP contribution in [0.3, 0.4) is 0 Å². The van der Waals surface area contributed by atoms with Gasteiger partial charge in [0, 0.05) is 32.2 Å². The summed E-state index contributed by atoms with van der Waals surface area (Å²) in [6.07, 6.45) is 2.57. The maximum absolute atomic E-state index is 3.46. The summed E-state index contributed by atoms with van der Waals surface area (Å²) >= 11 is 0. The molecule has 1 heterocycles. The van der Waals surface area contributed by atoms with Crippen LogP contribution in [0, 0.1) is 0 Å². The van der Waals surface area contributed by atoms with Crippen LogP contribution in [0.25, 0.3) is 0 Å². The summed E-state index contributed by atoms with van der Waals surface area (Å²) in [6, 6.07) is 7.85. The lowest BCUT2D eigenvalue weighted by Crippen LogP contribution is -2.44. The van der Waals surface area contributed by atoms with Crippen molar-refractivity contribution in [1.29, 1.82) is 0 Å². The molecule has 0 spiro atoms. The van der Waals surface area contributed by atoms with Gasteiger partial charge in [-0.15, -0.1) is 0 Å². The van der Waals surface area contributed by atoms with Crippen LogP contribution in [-0.2, 0) is 11.8 Å². The standard InChI is InChI=1S/C17H26N2/c1-17(2,3)14-6-4-13-5-7-16(15(13)12-14)19-10-8-18-9-11-19/h4,6,12,16,18H,5,7-11H2,1-3H3. The highest BCUT2D eigenvalue weighted by Gasteiger charge is 2.29. The predicted molar refractivity (Wildman–Crippen MR) is 80.6 cm³/mol. The molecule has 1 atom stereocenters. The average Bonchev–Trinajstić information content (AvgIpc) is 2.81. The van der Waals surface area contributed by atoms with Gasteiger partial charge >= 0.3 is 0 Å². The minimum atomic E-state index is 0.256. The third-order valence-corrected chi connectivity index (χ3v) is 4.65. The van der Waals surface area contributed by atoms with Gasteiger partial charge in [0.15, 0.2) is 0 Å². The van der Waals surface area contributed by atoms with E-state index in [1.54, 1.807) is 11.1 Å². The van der Waals surface area contributed by atoms with Crippen LogP contribution in [0.1, 0.15) is 49.9 Å². The Labute approximate surface area is 117 Å². The molecule has 3 rings (SSSR count). The summed E-state index contributed by atoms with van der Waals surface area (Å²) in [7, 11) is 0. The molecular formula is C17H26N2. The third-order valence-electron chi connectivity index (χ3n) is 4.65. The van der Waals surface area contributed by atoms with Crippen molar-refractivity contribution in [2.24, 2.45) is 0 Å². The number of hydrogen-bond acceptors (Lipinski definition) is 2. The Bertz CT molecular complexity index is 453. The van der Waals surface area contributed by atoms with Gasteiger partial charge in [0.2, 0.25) is 0 Å². The first-order chi connectivity index (χ1) is 9.05. The highest BCUT2D eigenvalue weighted by Crippen LogP contribution is 2.38. The van der Waals surface area contributed by atoms with Gasteiger partial charge in [-0.2, -0.15) is 0 Å². The maximum Gasteiger partial charge on any atom is 0.0355 e. The van der Waals surface area contributed by atoms with Gasteiger partial charge in [-0.25, -0.2) is 0 Å². The van der Waals surface area contributed by atoms with Crippen molar-refractivity contribution in [3.63, 3.8) is 0 Å². The molecule has 1 aliphatic carbocycles. The Morgan fingerprint density at radius 2 is 1.89 bits per heavy atom. The van der Waals surface area contributed by atoms with E-state index in [1.165, 1.54) is 31.5 Å². The topological polar surface area (TPSA) is 15.3 Å². The number of fused-ring (bicyclic) bond motifs is 1. The van der Waals surface area contributed by atoms with Crippen molar-refractivity contribution in [2.45, 2.75) is 45.1 Å². The molecule has 1 aromatic carbocycles. The minimum Gasteiger partial charge on any atom is -0.314 e. The summed E-state index contributed by atoms with van der Waals surface area (Å²) in [5.41, 5.74) is 4.92. The van der Waals surface area contributed by atoms with Gasteiger partial charge in [0.1, 0.15) is 0 Å². The molecule has 1 unspecified atom stereocenters. The van der Waals surface area contributed by atoms with Crippen molar-refractivity contribution in [2.75, 3.05) is 26.2 Å². The molecular weight excluding hydrogens is 232 g/mol. The lowest BCUT2D eigenvalue weighted by molar-refractivity contribution is 0.173. The van der Waals surface area contributed by atoms with Crippen molar-refractivity contribution >= 4 is 0 Å². The molecule has 1 aliphatic heterocycles. The second kappa shape index (κ2) is 4.92. The van der Waals surface area contributed by atoms with Gasteiger partial charge in [-0.3, -0.25) is 4.90 Å². The Kier molecular flexibility index (Phi) is 3.40. The molecule has 2 nitrogen and oxygen atoms in total. The summed E-state index contributed by atoms with van der Waals surface area (Å²) < 4.78 is 0. The van der Waals surface area contributed by atoms with Crippen molar-refractivity contribution in [3.05, 3.63) is 34.9 Å². The summed E-state index contributed by atoms with van der Waals surface area (Å²) in [4.78, 5) is 2.68. The number of benzene rings is 1. The number of nitrogens with one attached hydrogen (secondary N) is 1. The zero-order chi connectivity index (χ0) is 13.5. The number of rotatable bonds is 1. The molecule has 0 radical (unpaired) electrons. The smallest absolute Gasteiger partial charge is 0.0355 e. The molecule has 0 aromatic heterocycles. The van der Waals surface area contributed by atoms with Crippen LogP contribution in [0.5, 0.6) is 0 Å². The normalized spacial score (nSPS) is 24.5. The predicted octanol–water partition coefficient (Wildman–Crippen LogP) is 2.88. The molecule has 0 amide bonds. The molecule has 0 bridgehead atoms. The average molecular weight is 258 g/mol. The van der Waals surface area contributed by atoms with E-state index in [0.29, 0.717) is 6.04 Å². The van der Waals surface area contributed by atoms with Crippen molar-refractivity contribution in [3.8, 4) is 0 Å². The Balaban J connectivity index is 1.89. The first-order valence-corrected chi connectivity index (χ1v) is 7.64. The van der Waals surface area contributed by atoms with Gasteiger partial charge in [-0.1, -0.05) is 39.0 Å². The second-order valence-corrected chi connectivity index (χ2v) is 7.00. The fraction of sp³-hybridized carbons (Fsp3) is 0.647. The van der Waals surface area contributed by atoms with Gasteiger partial charge in [0.05, 0.1) is 0 Å². The molecule has 1 aromatic rings. The molecule has 2 aliphatic rings. The SMILES string of the molecule is CC(C)(C)c1ccc2c(c1)C(N1CCNCC1)CC2. The summed E-state index contributed by atoms with van der Waals surface area (Å²) in [6.45, 7) is 11.6. The van der Waals surface area contributed by atoms with Crippen LogP contribution in [0.4, 0.5) is 0 Å². The molecule has 2 heteroatoms. The fourth-order valence-corrected chi connectivity index (χ4v) is 3.42. The van der Waals surface area contributed by atoms with E-state index in [4.69, 9.17) is 0 Å². The number of nitrogens with zero attached hydrogens (tertiary/aromatic N) is 1. The van der Waals surface area contributed by atoms with Crippen LogP contribution < -0.4 is 5.32 Å². The van der Waals surface area contributed by atoms with Crippen LogP contribution in [0.2, 0.25) is 0 Å². The van der Waals surface area contributed by atoms with E-state index in [9.17, 15) is 0 Å². The molecule has 1 N–H and O–H groups in total. The quantitative estimate of drug-likeness (QED) is 0.833. The third kappa shape index (κ3) is 2.56. The lowest BCUT2D eigenvalue weighted by atomic mass is 9.85. The van der Waals surface area contributed by atoms with Crippen LogP contribution >= 0.6 is 0 Å².